The molecule has 4 aromatic carbocycles. The van der Waals surface area contributed by atoms with Crippen molar-refractivity contribution in [2.45, 2.75) is 87.6 Å². The Labute approximate surface area is 360 Å². The van der Waals surface area contributed by atoms with Crippen LogP contribution in [-0.4, -0.2) is 86.8 Å². The van der Waals surface area contributed by atoms with Gasteiger partial charge in [-0.05, 0) is 125 Å². The number of methoxy groups -OCH3 is 2. The van der Waals surface area contributed by atoms with E-state index in [1.807, 2.05) is 14.2 Å². The molecule has 2 saturated heterocycles. The summed E-state index contributed by atoms with van der Waals surface area (Å²) in [4.78, 5) is 5.46. The Hall–Kier alpha value is -1.90. The Morgan fingerprint density at radius 2 is 0.772 bits per heavy atom. The van der Waals surface area contributed by atoms with Gasteiger partial charge in [-0.25, -0.2) is 0 Å². The van der Waals surface area contributed by atoms with Crippen LogP contribution in [0.3, 0.4) is 0 Å². The summed E-state index contributed by atoms with van der Waals surface area (Å²) in [5, 5.41) is 6.19. The van der Waals surface area contributed by atoms with E-state index in [9.17, 15) is 0 Å². The number of likely N-dealkylation sites (tertiary alicyclic amines) is 2. The molecule has 4 unspecified atom stereocenters. The van der Waals surface area contributed by atoms with Crippen LogP contribution < -0.4 is 21.2 Å². The molecule has 6 atom stereocenters. The van der Waals surface area contributed by atoms with E-state index in [4.69, 9.17) is 9.47 Å². The SMILES string of the molecule is COC[C@@H]1CCCN1CC1CCCC1P(c1ccccc1)c1ccccc1.COC[C@@H]1CCCN1CC1CCCC1P(c1ccccc1)c1ccccc1.[CH3-].[CH3-].[Fe+2]. The van der Waals surface area contributed by atoms with Crippen LogP contribution in [0.15, 0.2) is 121 Å². The van der Waals surface area contributed by atoms with E-state index in [2.05, 4.69) is 131 Å². The molecule has 0 amide bonds. The van der Waals surface area contributed by atoms with Crippen molar-refractivity contribution >= 4 is 37.1 Å². The molecule has 0 N–H and O–H groups in total. The van der Waals surface area contributed by atoms with Crippen LogP contribution in [-0.2, 0) is 26.5 Å². The maximum atomic E-state index is 5.50. The minimum absolute atomic E-state index is 0. The fraction of sp³-hybridized carbons (Fsp3) is 0.480. The third-order valence-electron chi connectivity index (χ3n) is 12.7. The van der Waals surface area contributed by atoms with Crippen molar-refractivity contribution < 1.29 is 26.5 Å². The molecule has 4 aromatic rings. The first-order valence-electron chi connectivity index (χ1n) is 21.0. The maximum absolute atomic E-state index is 5.50. The number of hydrogen-bond acceptors (Lipinski definition) is 4. The van der Waals surface area contributed by atoms with E-state index < -0.39 is 0 Å². The third kappa shape index (κ3) is 12.6. The van der Waals surface area contributed by atoms with Gasteiger partial charge in [-0.3, -0.25) is 9.80 Å². The van der Waals surface area contributed by atoms with E-state index in [0.29, 0.717) is 12.1 Å². The zero-order valence-electron chi connectivity index (χ0n) is 35.3. The Morgan fingerprint density at radius 1 is 0.456 bits per heavy atom. The summed E-state index contributed by atoms with van der Waals surface area (Å²) in [6.07, 6.45) is 13.6. The van der Waals surface area contributed by atoms with Crippen LogP contribution in [0.1, 0.15) is 64.2 Å². The summed E-state index contributed by atoms with van der Waals surface area (Å²) in [6.45, 7) is 6.82. The number of ether oxygens (including phenoxy) is 2. The first-order chi connectivity index (χ1) is 26.7. The van der Waals surface area contributed by atoms with E-state index in [1.165, 1.54) is 90.4 Å². The average molecular weight is 849 g/mol. The van der Waals surface area contributed by atoms with Crippen LogP contribution in [0.25, 0.3) is 0 Å². The molecule has 4 fully saturated rings. The second-order valence-electron chi connectivity index (χ2n) is 16.1. The molecule has 2 heterocycles. The molecular formula is C50H70FeN2O2P2. The molecule has 0 radical (unpaired) electrons. The van der Waals surface area contributed by atoms with Gasteiger partial charge in [0.15, 0.2) is 0 Å². The molecule has 310 valence electrons. The third-order valence-corrected chi connectivity index (χ3v) is 18.8. The van der Waals surface area contributed by atoms with Gasteiger partial charge in [0.1, 0.15) is 0 Å². The van der Waals surface area contributed by atoms with Gasteiger partial charge in [-0.2, -0.15) is 0 Å². The second-order valence-corrected chi connectivity index (χ2v) is 21.0. The van der Waals surface area contributed by atoms with E-state index in [1.54, 1.807) is 21.2 Å². The standard InChI is InChI=1S/2C24H32NOP.2CH3.Fe/c2*1-26-19-21-11-9-17-25(21)18-20-10-8-16-24(20)27(22-12-4-2-5-13-22)23-14-6-3-7-15-23;;;/h2*2-7,12-15,20-21,24H,8-11,16-19H2,1H3;2*1H3;/q;;2*-1;+2/t2*20?,21-,24?;;;/m00.../s1. The van der Waals surface area contributed by atoms with Crippen LogP contribution >= 0.6 is 15.8 Å². The smallest absolute Gasteiger partial charge is 0.383 e. The fourth-order valence-electron chi connectivity index (χ4n) is 10.2. The predicted molar refractivity (Wildman–Crippen MR) is 246 cm³/mol. The quantitative estimate of drug-likeness (QED) is 0.0718. The maximum Gasteiger partial charge on any atom is 2.00 e. The number of rotatable bonds is 14. The summed E-state index contributed by atoms with van der Waals surface area (Å²) in [5.74, 6) is 1.63. The summed E-state index contributed by atoms with van der Waals surface area (Å²) in [6, 6.07) is 46.4. The molecular weight excluding hydrogens is 778 g/mol. The normalized spacial score (nSPS) is 24.7. The van der Waals surface area contributed by atoms with Crippen LogP contribution in [0.2, 0.25) is 0 Å². The summed E-state index contributed by atoms with van der Waals surface area (Å²) in [7, 11) is 3.11. The number of hydrogen-bond donors (Lipinski definition) is 0. The van der Waals surface area contributed by atoms with E-state index in [-0.39, 0.29) is 47.8 Å². The van der Waals surface area contributed by atoms with E-state index >= 15 is 0 Å². The first kappa shape index (κ1) is 47.8. The Morgan fingerprint density at radius 3 is 1.07 bits per heavy atom. The van der Waals surface area contributed by atoms with Crippen LogP contribution in [0.5, 0.6) is 0 Å². The van der Waals surface area contributed by atoms with Gasteiger partial charge in [0.05, 0.1) is 13.2 Å². The minimum Gasteiger partial charge on any atom is -0.383 e. The van der Waals surface area contributed by atoms with Crippen LogP contribution in [0, 0.1) is 26.7 Å². The average Bonchev–Trinajstić information content (AvgIpc) is 4.06. The molecule has 57 heavy (non-hydrogen) atoms. The van der Waals surface area contributed by atoms with Crippen molar-refractivity contribution in [3.8, 4) is 0 Å². The molecule has 0 bridgehead atoms. The topological polar surface area (TPSA) is 24.9 Å². The van der Waals surface area contributed by atoms with Gasteiger partial charge >= 0.3 is 17.1 Å². The van der Waals surface area contributed by atoms with Crippen molar-refractivity contribution in [3.63, 3.8) is 0 Å². The molecule has 8 rings (SSSR count). The molecule has 0 aromatic heterocycles. The van der Waals surface area contributed by atoms with Gasteiger partial charge in [-0.1, -0.05) is 134 Å². The molecule has 2 saturated carbocycles. The zero-order valence-corrected chi connectivity index (χ0v) is 38.2. The summed E-state index contributed by atoms with van der Waals surface area (Å²) in [5.41, 5.74) is 1.60. The molecule has 2 aliphatic heterocycles. The van der Waals surface area contributed by atoms with Gasteiger partial charge < -0.3 is 24.3 Å². The van der Waals surface area contributed by atoms with Gasteiger partial charge in [0, 0.05) is 39.4 Å². The summed E-state index contributed by atoms with van der Waals surface area (Å²) < 4.78 is 11.0. The Bertz CT molecular complexity index is 1440. The minimum atomic E-state index is -0.292. The van der Waals surface area contributed by atoms with Crippen molar-refractivity contribution in [2.75, 3.05) is 53.6 Å². The molecule has 0 spiro atoms. The number of nitrogens with zero attached hydrogens (tertiary/aromatic N) is 2. The summed E-state index contributed by atoms with van der Waals surface area (Å²) >= 11 is 0. The van der Waals surface area contributed by atoms with Crippen molar-refractivity contribution in [1.82, 2.24) is 9.80 Å². The molecule has 7 heteroatoms. The Kier molecular flexibility index (Phi) is 21.0. The van der Waals surface area contributed by atoms with Crippen molar-refractivity contribution in [2.24, 2.45) is 11.8 Å². The van der Waals surface area contributed by atoms with Crippen LogP contribution in [0.4, 0.5) is 0 Å². The monoisotopic (exact) mass is 848 g/mol. The van der Waals surface area contributed by atoms with Crippen molar-refractivity contribution in [3.05, 3.63) is 136 Å². The van der Waals surface area contributed by atoms with Gasteiger partial charge in [0.25, 0.3) is 0 Å². The zero-order chi connectivity index (χ0) is 37.0. The fourth-order valence-corrected chi connectivity index (χ4v) is 16.5. The molecule has 4 nitrogen and oxygen atoms in total. The Balaban J connectivity index is 0.000000240. The molecule has 4 aliphatic rings. The second kappa shape index (κ2) is 25.0. The number of benzene rings is 4. The predicted octanol–water partition coefficient (Wildman–Crippen LogP) is 9.70. The van der Waals surface area contributed by atoms with E-state index in [0.717, 1.165) is 36.4 Å². The largest absolute Gasteiger partial charge is 2.00 e. The van der Waals surface area contributed by atoms with Crippen molar-refractivity contribution in [1.29, 1.82) is 0 Å². The first-order valence-corrected chi connectivity index (χ1v) is 23.8. The van der Waals surface area contributed by atoms with Gasteiger partial charge in [-0.15, -0.1) is 0 Å². The van der Waals surface area contributed by atoms with Gasteiger partial charge in [0.2, 0.25) is 0 Å². The molecule has 2 aliphatic carbocycles.